The van der Waals surface area contributed by atoms with Gasteiger partial charge in [0.1, 0.15) is 0 Å². The number of nitrogens with one attached hydrogen (secondary N) is 1. The van der Waals surface area contributed by atoms with Crippen LogP contribution < -0.4 is 5.32 Å². The second kappa shape index (κ2) is 5.38. The second-order valence-corrected chi connectivity index (χ2v) is 4.89. The summed E-state index contributed by atoms with van der Waals surface area (Å²) < 4.78 is 0. The Morgan fingerprint density at radius 2 is 1.86 bits per heavy atom. The Hall–Kier alpha value is -2.66. The Morgan fingerprint density at radius 3 is 2.57 bits per heavy atom. The molecule has 5 nitrogen and oxygen atoms in total. The highest BCUT2D eigenvalue weighted by molar-refractivity contribution is 6.31. The zero-order valence-electron chi connectivity index (χ0n) is 10.8. The monoisotopic (exact) mass is 299 g/mol. The lowest BCUT2D eigenvalue weighted by molar-refractivity contribution is -0.384. The maximum atomic E-state index is 10.6. The fraction of sp³-hybridized carbons (Fsp3) is 0. The average Bonchev–Trinajstić information content (AvgIpc) is 2.47. The van der Waals surface area contributed by atoms with Crippen LogP contribution in [-0.4, -0.2) is 9.91 Å². The van der Waals surface area contributed by atoms with Gasteiger partial charge in [-0.3, -0.25) is 15.1 Å². The molecule has 0 aliphatic heterocycles. The summed E-state index contributed by atoms with van der Waals surface area (Å²) in [6.07, 6.45) is 1.69. The van der Waals surface area contributed by atoms with E-state index in [2.05, 4.69) is 10.3 Å². The van der Waals surface area contributed by atoms with Gasteiger partial charge in [-0.05, 0) is 36.4 Å². The van der Waals surface area contributed by atoms with Gasteiger partial charge in [0.2, 0.25) is 0 Å². The zero-order chi connectivity index (χ0) is 14.8. The Morgan fingerprint density at radius 1 is 1.10 bits per heavy atom. The van der Waals surface area contributed by atoms with Crippen LogP contribution in [0.2, 0.25) is 5.02 Å². The number of benzene rings is 2. The van der Waals surface area contributed by atoms with Gasteiger partial charge < -0.3 is 5.32 Å². The summed E-state index contributed by atoms with van der Waals surface area (Å²) in [5.41, 5.74) is 2.48. The first kappa shape index (κ1) is 13.3. The summed E-state index contributed by atoms with van der Waals surface area (Å²) in [4.78, 5) is 14.5. The fourth-order valence-electron chi connectivity index (χ4n) is 2.05. The average molecular weight is 300 g/mol. The minimum absolute atomic E-state index is 0.0620. The van der Waals surface area contributed by atoms with Crippen molar-refractivity contribution in [2.45, 2.75) is 0 Å². The van der Waals surface area contributed by atoms with Gasteiger partial charge in [-0.15, -0.1) is 0 Å². The molecule has 0 atom stereocenters. The van der Waals surface area contributed by atoms with Crippen LogP contribution in [0, 0.1) is 10.1 Å². The molecule has 0 bridgehead atoms. The number of nitro groups is 1. The van der Waals surface area contributed by atoms with Crippen LogP contribution in [0.15, 0.2) is 54.7 Å². The number of nitrogens with zero attached hydrogens (tertiary/aromatic N) is 2. The van der Waals surface area contributed by atoms with Crippen molar-refractivity contribution in [3.63, 3.8) is 0 Å². The Balaban J connectivity index is 1.96. The van der Waals surface area contributed by atoms with E-state index in [1.54, 1.807) is 30.5 Å². The number of non-ortho nitro benzene ring substituents is 1. The number of nitro benzene ring substituents is 1. The molecule has 1 heterocycles. The van der Waals surface area contributed by atoms with Crippen LogP contribution in [0.4, 0.5) is 17.1 Å². The lowest BCUT2D eigenvalue weighted by Gasteiger charge is -2.09. The molecule has 1 N–H and O–H groups in total. The molecule has 6 heteroatoms. The molecule has 0 aliphatic carbocycles. The highest BCUT2D eigenvalue weighted by atomic mass is 35.5. The Bertz CT molecular complexity index is 819. The number of hydrogen-bond donors (Lipinski definition) is 1. The predicted molar refractivity (Wildman–Crippen MR) is 83.1 cm³/mol. The standard InChI is InChI=1S/C15H10ClN3O2/c16-10-1-6-13-14(7-8-17-15(13)9-10)18-11-2-4-12(5-3-11)19(20)21/h1-9H,(H,17,18). The third-order valence-corrected chi connectivity index (χ3v) is 3.30. The van der Waals surface area contributed by atoms with Crippen LogP contribution in [0.5, 0.6) is 0 Å². The van der Waals surface area contributed by atoms with Gasteiger partial charge in [-0.2, -0.15) is 0 Å². The lowest BCUT2D eigenvalue weighted by Crippen LogP contribution is -1.93. The number of fused-ring (bicyclic) bond motifs is 1. The van der Waals surface area contributed by atoms with Crippen molar-refractivity contribution < 1.29 is 4.92 Å². The number of anilines is 2. The maximum absolute atomic E-state index is 10.6. The molecule has 1 aromatic heterocycles. The Kier molecular flexibility index (Phi) is 3.41. The first-order valence-corrected chi connectivity index (χ1v) is 6.57. The number of aromatic nitrogens is 1. The molecule has 0 unspecified atom stereocenters. The van der Waals surface area contributed by atoms with Gasteiger partial charge in [-0.1, -0.05) is 11.6 Å². The fourth-order valence-corrected chi connectivity index (χ4v) is 2.22. The van der Waals surface area contributed by atoms with Gasteiger partial charge in [0.05, 0.1) is 10.4 Å². The van der Waals surface area contributed by atoms with E-state index in [0.29, 0.717) is 5.02 Å². The van der Waals surface area contributed by atoms with E-state index in [1.165, 1.54) is 12.1 Å². The van der Waals surface area contributed by atoms with Gasteiger partial charge >= 0.3 is 0 Å². The summed E-state index contributed by atoms with van der Waals surface area (Å²) in [6.45, 7) is 0. The number of hydrogen-bond acceptors (Lipinski definition) is 4. The van der Waals surface area contributed by atoms with Crippen molar-refractivity contribution in [1.29, 1.82) is 0 Å². The highest BCUT2D eigenvalue weighted by Crippen LogP contribution is 2.27. The zero-order valence-corrected chi connectivity index (χ0v) is 11.5. The molecular formula is C15H10ClN3O2. The van der Waals surface area contributed by atoms with Crippen LogP contribution in [-0.2, 0) is 0 Å². The van der Waals surface area contributed by atoms with Crippen molar-refractivity contribution >= 4 is 39.6 Å². The molecule has 0 spiro atoms. The van der Waals surface area contributed by atoms with Gasteiger partial charge in [0, 0.05) is 40.1 Å². The topological polar surface area (TPSA) is 68.1 Å². The minimum atomic E-state index is -0.423. The molecular weight excluding hydrogens is 290 g/mol. The molecule has 3 rings (SSSR count). The first-order valence-electron chi connectivity index (χ1n) is 6.19. The van der Waals surface area contributed by atoms with Gasteiger partial charge in [-0.25, -0.2) is 0 Å². The molecule has 21 heavy (non-hydrogen) atoms. The van der Waals surface area contributed by atoms with Crippen molar-refractivity contribution in [3.05, 3.63) is 69.9 Å². The summed E-state index contributed by atoms with van der Waals surface area (Å²) in [5, 5.41) is 15.4. The van der Waals surface area contributed by atoms with E-state index in [1.807, 2.05) is 12.1 Å². The number of rotatable bonds is 3. The number of pyridine rings is 1. The van der Waals surface area contributed by atoms with Crippen LogP contribution >= 0.6 is 11.6 Å². The smallest absolute Gasteiger partial charge is 0.269 e. The van der Waals surface area contributed by atoms with Crippen molar-refractivity contribution in [2.24, 2.45) is 0 Å². The molecule has 0 saturated carbocycles. The SMILES string of the molecule is O=[N+]([O-])c1ccc(Nc2ccnc3cc(Cl)ccc23)cc1. The molecule has 2 aromatic carbocycles. The molecule has 0 saturated heterocycles. The number of halogens is 1. The van der Waals surface area contributed by atoms with Crippen LogP contribution in [0.1, 0.15) is 0 Å². The van der Waals surface area contributed by atoms with Crippen molar-refractivity contribution in [3.8, 4) is 0 Å². The van der Waals surface area contributed by atoms with Gasteiger partial charge in [0.25, 0.3) is 5.69 Å². The summed E-state index contributed by atoms with van der Waals surface area (Å²) in [7, 11) is 0. The largest absolute Gasteiger partial charge is 0.355 e. The van der Waals surface area contributed by atoms with E-state index >= 15 is 0 Å². The molecule has 0 fully saturated rings. The van der Waals surface area contributed by atoms with E-state index < -0.39 is 4.92 Å². The van der Waals surface area contributed by atoms with Crippen LogP contribution in [0.3, 0.4) is 0 Å². The van der Waals surface area contributed by atoms with E-state index in [-0.39, 0.29) is 5.69 Å². The molecule has 0 aliphatic rings. The highest BCUT2D eigenvalue weighted by Gasteiger charge is 2.06. The normalized spacial score (nSPS) is 10.5. The van der Waals surface area contributed by atoms with Gasteiger partial charge in [0.15, 0.2) is 0 Å². The minimum Gasteiger partial charge on any atom is -0.355 e. The first-order chi connectivity index (χ1) is 10.1. The maximum Gasteiger partial charge on any atom is 0.269 e. The molecule has 3 aromatic rings. The van der Waals surface area contributed by atoms with Crippen LogP contribution in [0.25, 0.3) is 10.9 Å². The molecule has 0 radical (unpaired) electrons. The van der Waals surface area contributed by atoms with E-state index in [9.17, 15) is 10.1 Å². The lowest BCUT2D eigenvalue weighted by atomic mass is 10.2. The van der Waals surface area contributed by atoms with E-state index in [0.717, 1.165) is 22.3 Å². The third kappa shape index (κ3) is 2.78. The Labute approximate surface area is 125 Å². The molecule has 104 valence electrons. The van der Waals surface area contributed by atoms with Crippen molar-refractivity contribution in [2.75, 3.05) is 5.32 Å². The second-order valence-electron chi connectivity index (χ2n) is 4.45. The third-order valence-electron chi connectivity index (χ3n) is 3.06. The predicted octanol–water partition coefficient (Wildman–Crippen LogP) is 4.54. The summed E-state index contributed by atoms with van der Waals surface area (Å²) in [5.74, 6) is 0. The van der Waals surface area contributed by atoms with Crippen molar-refractivity contribution in [1.82, 2.24) is 4.98 Å². The quantitative estimate of drug-likeness (QED) is 0.569. The summed E-state index contributed by atoms with van der Waals surface area (Å²) >= 11 is 5.95. The molecule has 0 amide bonds. The van der Waals surface area contributed by atoms with E-state index in [4.69, 9.17) is 11.6 Å². The summed E-state index contributed by atoms with van der Waals surface area (Å²) in [6, 6.07) is 13.6.